The zero-order valence-corrected chi connectivity index (χ0v) is 22.2. The quantitative estimate of drug-likeness (QED) is 0.590. The number of carboxylic acid groups (broad SMARTS) is 1. The Bertz CT molecular complexity index is 981. The molecule has 0 spiro atoms. The Labute approximate surface area is 210 Å². The highest BCUT2D eigenvalue weighted by Gasteiger charge is 2.34. The average Bonchev–Trinajstić information content (AvgIpc) is 3.46. The van der Waals surface area contributed by atoms with E-state index in [9.17, 15) is 9.90 Å². The summed E-state index contributed by atoms with van der Waals surface area (Å²) in [7, 11) is 0. The summed E-state index contributed by atoms with van der Waals surface area (Å²) in [6.07, 6.45) is 5.23. The minimum absolute atomic E-state index is 0.0193. The van der Waals surface area contributed by atoms with E-state index in [4.69, 9.17) is 9.59 Å². The van der Waals surface area contributed by atoms with E-state index in [1.165, 1.54) is 35.2 Å². The van der Waals surface area contributed by atoms with Gasteiger partial charge in [0.15, 0.2) is 0 Å². The van der Waals surface area contributed by atoms with E-state index in [-0.39, 0.29) is 12.0 Å². The summed E-state index contributed by atoms with van der Waals surface area (Å²) in [4.78, 5) is 30.0. The van der Waals surface area contributed by atoms with Gasteiger partial charge in [0.1, 0.15) is 20.1 Å². The van der Waals surface area contributed by atoms with E-state index in [1.807, 2.05) is 32.0 Å². The lowest BCUT2D eigenvalue weighted by atomic mass is 9.73. The van der Waals surface area contributed by atoms with Gasteiger partial charge < -0.3 is 24.2 Å². The van der Waals surface area contributed by atoms with Crippen LogP contribution in [0.2, 0.25) is 0 Å². The fourth-order valence-electron chi connectivity index (χ4n) is 5.21. The van der Waals surface area contributed by atoms with Gasteiger partial charge >= 0.3 is 5.97 Å². The molecule has 1 N–H and O–H groups in total. The Morgan fingerprint density at radius 2 is 1.54 bits per heavy atom. The molecule has 1 fully saturated rings. The summed E-state index contributed by atoms with van der Waals surface area (Å²) in [6.45, 7) is 21.3. The molecule has 0 saturated carbocycles. The summed E-state index contributed by atoms with van der Waals surface area (Å²) >= 11 is 0. The van der Waals surface area contributed by atoms with Gasteiger partial charge in [-0.15, -0.1) is 0 Å². The van der Waals surface area contributed by atoms with E-state index in [2.05, 4.69) is 56.5 Å². The number of allylic oxidation sites excluding steroid dienone is 1. The molecule has 6 nitrogen and oxygen atoms in total. The topological polar surface area (TPSA) is 79.6 Å². The van der Waals surface area contributed by atoms with Crippen LogP contribution in [0, 0.1) is 12.3 Å². The zero-order valence-electron chi connectivity index (χ0n) is 22.2. The van der Waals surface area contributed by atoms with E-state index in [0.717, 1.165) is 49.3 Å². The number of benzene rings is 1. The van der Waals surface area contributed by atoms with Gasteiger partial charge in [-0.05, 0) is 73.3 Å². The van der Waals surface area contributed by atoms with Crippen LogP contribution >= 0.6 is 0 Å². The Kier molecular flexibility index (Phi) is 11.7. The number of carboxylic acids is 1. The van der Waals surface area contributed by atoms with Crippen LogP contribution < -0.4 is 4.90 Å². The smallest absolute Gasteiger partial charge is 0.323 e. The number of anilines is 1. The molecule has 192 valence electrons. The van der Waals surface area contributed by atoms with Gasteiger partial charge in [-0.2, -0.15) is 0 Å². The second-order valence-electron chi connectivity index (χ2n) is 9.52. The summed E-state index contributed by atoms with van der Waals surface area (Å²) < 4.78 is 2.01. The number of hydrogen-bond acceptors (Lipinski definition) is 4. The van der Waals surface area contributed by atoms with Crippen LogP contribution in [0.4, 0.5) is 5.69 Å². The molecule has 0 amide bonds. The number of aromatic nitrogens is 1. The molecular formula is C29H42N2O4. The second kappa shape index (κ2) is 13.7. The van der Waals surface area contributed by atoms with Crippen molar-refractivity contribution >= 4 is 30.8 Å². The Balaban J connectivity index is 0.000000949. The number of fused-ring (bicyclic) bond motifs is 1. The molecule has 4 rings (SSSR count). The second-order valence-corrected chi connectivity index (χ2v) is 9.52. The highest BCUT2D eigenvalue weighted by Crippen LogP contribution is 2.44. The number of rotatable bonds is 5. The maximum absolute atomic E-state index is 11.5. The first kappa shape index (κ1) is 29.9. The van der Waals surface area contributed by atoms with Gasteiger partial charge in [0.05, 0.1) is 0 Å². The van der Waals surface area contributed by atoms with Crippen molar-refractivity contribution in [1.82, 2.24) is 4.57 Å². The average molecular weight is 483 g/mol. The minimum atomic E-state index is -0.790. The van der Waals surface area contributed by atoms with Crippen LogP contribution in [-0.4, -0.2) is 42.3 Å². The normalized spacial score (nSPS) is 15.5. The van der Waals surface area contributed by atoms with Crippen molar-refractivity contribution in [3.8, 4) is 0 Å². The van der Waals surface area contributed by atoms with Crippen molar-refractivity contribution in [1.29, 1.82) is 0 Å². The van der Waals surface area contributed by atoms with Crippen molar-refractivity contribution in [3.63, 3.8) is 0 Å². The van der Waals surface area contributed by atoms with E-state index in [1.54, 1.807) is 0 Å². The van der Waals surface area contributed by atoms with Gasteiger partial charge in [-0.1, -0.05) is 46.4 Å². The highest BCUT2D eigenvalue weighted by molar-refractivity contribution is 5.74. The van der Waals surface area contributed by atoms with Crippen molar-refractivity contribution in [2.24, 2.45) is 5.41 Å². The Morgan fingerprint density at radius 3 is 2.06 bits per heavy atom. The van der Waals surface area contributed by atoms with Crippen molar-refractivity contribution in [3.05, 3.63) is 58.9 Å². The third kappa shape index (κ3) is 7.17. The minimum Gasteiger partial charge on any atom is -0.480 e. The van der Waals surface area contributed by atoms with Gasteiger partial charge in [0, 0.05) is 35.7 Å². The van der Waals surface area contributed by atoms with Crippen molar-refractivity contribution < 1.29 is 19.5 Å². The molecule has 6 heteroatoms. The first-order valence-electron chi connectivity index (χ1n) is 12.3. The molecule has 1 aromatic heterocycles. The van der Waals surface area contributed by atoms with Gasteiger partial charge in [0.25, 0.3) is 0 Å². The lowest BCUT2D eigenvalue weighted by molar-refractivity contribution is -0.137. The predicted octanol–water partition coefficient (Wildman–Crippen LogP) is 5.71. The standard InChI is InChI=1S/C25H32N2O2.C2H6.2CH2O/c1-17-14-25(3,4)15-22-24(17)21(18(2)27(22)16-23(28)29)13-19-7-9-20(10-8-19)26-11-5-6-12-26;3*1-2/h7-10H,1,5-6,11-16H2,2-4H3,(H,28,29);1-2H3;2*1H2. The summed E-state index contributed by atoms with van der Waals surface area (Å²) in [5.41, 5.74) is 8.51. The van der Waals surface area contributed by atoms with Crippen LogP contribution in [0.25, 0.3) is 5.57 Å². The van der Waals surface area contributed by atoms with Crippen LogP contribution in [0.3, 0.4) is 0 Å². The number of hydrogen-bond donors (Lipinski definition) is 1. The van der Waals surface area contributed by atoms with Gasteiger partial charge in [0.2, 0.25) is 0 Å². The fourth-order valence-corrected chi connectivity index (χ4v) is 5.21. The van der Waals surface area contributed by atoms with Crippen LogP contribution in [0.5, 0.6) is 0 Å². The van der Waals surface area contributed by atoms with Crippen LogP contribution in [0.15, 0.2) is 30.8 Å². The maximum atomic E-state index is 11.5. The highest BCUT2D eigenvalue weighted by atomic mass is 16.4. The molecule has 0 atom stereocenters. The molecule has 1 aliphatic carbocycles. The van der Waals surface area contributed by atoms with Gasteiger partial charge in [-0.25, -0.2) is 0 Å². The Morgan fingerprint density at radius 1 is 1.00 bits per heavy atom. The van der Waals surface area contributed by atoms with E-state index in [0.29, 0.717) is 0 Å². The van der Waals surface area contributed by atoms with Crippen molar-refractivity contribution in [2.75, 3.05) is 18.0 Å². The molecule has 1 aliphatic heterocycles. The van der Waals surface area contributed by atoms with E-state index < -0.39 is 5.97 Å². The zero-order chi connectivity index (χ0) is 26.8. The lowest BCUT2D eigenvalue weighted by Crippen LogP contribution is -2.24. The molecule has 0 unspecified atom stereocenters. The summed E-state index contributed by atoms with van der Waals surface area (Å²) in [6, 6.07) is 8.91. The predicted molar refractivity (Wildman–Crippen MR) is 144 cm³/mol. The van der Waals surface area contributed by atoms with Crippen LogP contribution in [0.1, 0.15) is 75.0 Å². The monoisotopic (exact) mass is 482 g/mol. The number of carbonyl (C=O) groups is 3. The maximum Gasteiger partial charge on any atom is 0.323 e. The molecule has 2 aliphatic rings. The molecule has 2 heterocycles. The SMILES string of the molecule is C=C1CC(C)(C)Cc2c1c(Cc1ccc(N3CCCC3)cc1)c(C)n2CC(=O)O.C=O.C=O.CC. The molecule has 1 aromatic carbocycles. The first-order valence-corrected chi connectivity index (χ1v) is 12.3. The molecule has 1 saturated heterocycles. The molecule has 0 radical (unpaired) electrons. The van der Waals surface area contributed by atoms with Crippen LogP contribution in [-0.2, 0) is 33.8 Å². The molecule has 35 heavy (non-hydrogen) atoms. The fraction of sp³-hybridized carbons (Fsp3) is 0.483. The molecule has 2 aromatic rings. The number of aliphatic carboxylic acids is 1. The first-order chi connectivity index (χ1) is 16.7. The molecule has 0 bridgehead atoms. The lowest BCUT2D eigenvalue weighted by Gasteiger charge is -2.32. The van der Waals surface area contributed by atoms with Gasteiger partial charge in [-0.3, -0.25) is 4.79 Å². The molecular weight excluding hydrogens is 440 g/mol. The largest absolute Gasteiger partial charge is 0.480 e. The number of carbonyl (C=O) groups excluding carboxylic acids is 2. The number of nitrogens with zero attached hydrogens (tertiary/aromatic N) is 2. The third-order valence-corrected chi connectivity index (χ3v) is 6.53. The summed E-state index contributed by atoms with van der Waals surface area (Å²) in [5.74, 6) is -0.790. The third-order valence-electron chi connectivity index (χ3n) is 6.53. The van der Waals surface area contributed by atoms with Crippen molar-refractivity contribution in [2.45, 2.75) is 73.3 Å². The Hall–Kier alpha value is -3.15. The summed E-state index contributed by atoms with van der Waals surface area (Å²) in [5, 5.41) is 9.47. The van der Waals surface area contributed by atoms with E-state index >= 15 is 0 Å².